The van der Waals surface area contributed by atoms with E-state index in [0.717, 1.165) is 35.1 Å². The highest BCUT2D eigenvalue weighted by atomic mass is 32.2. The molecule has 1 unspecified atom stereocenters. The molecule has 0 radical (unpaired) electrons. The van der Waals surface area contributed by atoms with Gasteiger partial charge < -0.3 is 5.32 Å². The molecule has 1 amide bonds. The van der Waals surface area contributed by atoms with E-state index in [9.17, 15) is 13.2 Å². The van der Waals surface area contributed by atoms with E-state index in [1.165, 1.54) is 4.31 Å². The van der Waals surface area contributed by atoms with Gasteiger partial charge in [0.1, 0.15) is 6.04 Å². The topological polar surface area (TPSA) is 66.5 Å². The van der Waals surface area contributed by atoms with Crippen LogP contribution in [0.4, 0.5) is 11.4 Å². The summed E-state index contributed by atoms with van der Waals surface area (Å²) in [4.78, 5) is 13.0. The van der Waals surface area contributed by atoms with Gasteiger partial charge in [0.2, 0.25) is 15.9 Å². The summed E-state index contributed by atoms with van der Waals surface area (Å²) < 4.78 is 26.1. The molecule has 0 fully saturated rings. The lowest BCUT2D eigenvalue weighted by Crippen LogP contribution is -2.45. The van der Waals surface area contributed by atoms with E-state index in [-0.39, 0.29) is 11.8 Å². The standard InChI is InChI=1S/C22H30N2O3S/c1-7-18-11-13-19(14-12-18)24(28(6,26)27)17(5)22(25)23-21-16(4)9-8-10-20(21)15(2)3/h8-15,17H,7H2,1-6H3,(H,23,25). The SMILES string of the molecule is CCc1ccc(N(C(C)C(=O)Nc2c(C)cccc2C(C)C)S(C)(=O)=O)cc1. The Hall–Kier alpha value is -2.34. The minimum Gasteiger partial charge on any atom is -0.324 e. The lowest BCUT2D eigenvalue weighted by molar-refractivity contribution is -0.116. The van der Waals surface area contributed by atoms with E-state index in [1.54, 1.807) is 19.1 Å². The molecule has 1 N–H and O–H groups in total. The first kappa shape index (κ1) is 22.0. The molecule has 1 atom stereocenters. The van der Waals surface area contributed by atoms with Crippen LogP contribution in [-0.4, -0.2) is 26.6 Å². The van der Waals surface area contributed by atoms with Crippen LogP contribution in [0, 0.1) is 6.92 Å². The predicted molar refractivity (Wildman–Crippen MR) is 117 cm³/mol. The number of hydrogen-bond donors (Lipinski definition) is 1. The Labute approximate surface area is 168 Å². The van der Waals surface area contributed by atoms with E-state index in [2.05, 4.69) is 19.2 Å². The summed E-state index contributed by atoms with van der Waals surface area (Å²) in [6, 6.07) is 12.3. The lowest BCUT2D eigenvalue weighted by atomic mass is 9.98. The molecule has 2 aromatic carbocycles. The Morgan fingerprint density at radius 1 is 1.07 bits per heavy atom. The molecule has 0 aliphatic carbocycles. The van der Waals surface area contributed by atoms with Crippen molar-refractivity contribution in [3.63, 3.8) is 0 Å². The van der Waals surface area contributed by atoms with Crippen LogP contribution in [-0.2, 0) is 21.2 Å². The maximum atomic E-state index is 13.0. The van der Waals surface area contributed by atoms with Crippen molar-refractivity contribution in [3.8, 4) is 0 Å². The number of carbonyl (C=O) groups excluding carboxylic acids is 1. The van der Waals surface area contributed by atoms with E-state index < -0.39 is 16.1 Å². The second-order valence-corrected chi connectivity index (χ2v) is 9.30. The van der Waals surface area contributed by atoms with E-state index in [4.69, 9.17) is 0 Å². The Morgan fingerprint density at radius 3 is 2.18 bits per heavy atom. The van der Waals surface area contributed by atoms with Crippen molar-refractivity contribution < 1.29 is 13.2 Å². The summed E-state index contributed by atoms with van der Waals surface area (Å²) >= 11 is 0. The Balaban J connectivity index is 2.38. The summed E-state index contributed by atoms with van der Waals surface area (Å²) in [7, 11) is -3.64. The fourth-order valence-corrected chi connectivity index (χ4v) is 4.43. The quantitative estimate of drug-likeness (QED) is 0.743. The zero-order valence-electron chi connectivity index (χ0n) is 17.5. The summed E-state index contributed by atoms with van der Waals surface area (Å²) in [6.07, 6.45) is 1.98. The maximum absolute atomic E-state index is 13.0. The van der Waals surface area contributed by atoms with Gasteiger partial charge in [0.25, 0.3) is 0 Å². The van der Waals surface area contributed by atoms with Crippen molar-refractivity contribution in [1.29, 1.82) is 0 Å². The van der Waals surface area contributed by atoms with Crippen LogP contribution in [0.15, 0.2) is 42.5 Å². The van der Waals surface area contributed by atoms with Crippen molar-refractivity contribution >= 4 is 27.3 Å². The third-order valence-electron chi connectivity index (χ3n) is 4.86. The van der Waals surface area contributed by atoms with Gasteiger partial charge in [-0.05, 0) is 55.0 Å². The zero-order chi connectivity index (χ0) is 21.1. The molecule has 2 aromatic rings. The third-order valence-corrected chi connectivity index (χ3v) is 6.10. The number of nitrogens with zero attached hydrogens (tertiary/aromatic N) is 1. The molecule has 0 saturated heterocycles. The van der Waals surface area contributed by atoms with Gasteiger partial charge in [-0.25, -0.2) is 8.42 Å². The number of rotatable bonds is 7. The summed E-state index contributed by atoms with van der Waals surface area (Å²) in [5, 5.41) is 2.96. The highest BCUT2D eigenvalue weighted by Crippen LogP contribution is 2.28. The van der Waals surface area contributed by atoms with Gasteiger partial charge in [-0.3, -0.25) is 9.10 Å². The molecule has 0 aliphatic heterocycles. The van der Waals surface area contributed by atoms with Crippen LogP contribution >= 0.6 is 0 Å². The smallest absolute Gasteiger partial charge is 0.248 e. The van der Waals surface area contributed by atoms with Gasteiger partial charge >= 0.3 is 0 Å². The molecular formula is C22H30N2O3S. The molecule has 6 heteroatoms. The molecule has 28 heavy (non-hydrogen) atoms. The van der Waals surface area contributed by atoms with Crippen LogP contribution in [0.5, 0.6) is 0 Å². The van der Waals surface area contributed by atoms with E-state index >= 15 is 0 Å². The van der Waals surface area contributed by atoms with Gasteiger partial charge in [-0.15, -0.1) is 0 Å². The molecule has 2 rings (SSSR count). The van der Waals surface area contributed by atoms with Gasteiger partial charge in [-0.2, -0.15) is 0 Å². The first-order chi connectivity index (χ1) is 13.1. The van der Waals surface area contributed by atoms with Crippen LogP contribution in [0.3, 0.4) is 0 Å². The average Bonchev–Trinajstić information content (AvgIpc) is 2.62. The van der Waals surface area contributed by atoms with E-state index in [1.807, 2.05) is 44.2 Å². The monoisotopic (exact) mass is 402 g/mol. The van der Waals surface area contributed by atoms with Gasteiger partial charge in [-0.1, -0.05) is 51.1 Å². The second-order valence-electron chi connectivity index (χ2n) is 7.44. The molecule has 0 spiro atoms. The molecule has 0 bridgehead atoms. The largest absolute Gasteiger partial charge is 0.324 e. The number of para-hydroxylation sites is 1. The van der Waals surface area contributed by atoms with Gasteiger partial charge in [0.05, 0.1) is 11.9 Å². The van der Waals surface area contributed by atoms with Crippen LogP contribution in [0.2, 0.25) is 0 Å². The number of benzene rings is 2. The fourth-order valence-electron chi connectivity index (χ4n) is 3.26. The number of hydrogen-bond acceptors (Lipinski definition) is 3. The number of nitrogens with one attached hydrogen (secondary N) is 1. The molecular weight excluding hydrogens is 372 g/mol. The average molecular weight is 403 g/mol. The minimum atomic E-state index is -3.64. The van der Waals surface area contributed by atoms with Gasteiger partial charge in [0, 0.05) is 5.69 Å². The Morgan fingerprint density at radius 2 is 1.68 bits per heavy atom. The van der Waals surface area contributed by atoms with Crippen molar-refractivity contribution in [1.82, 2.24) is 0 Å². The number of sulfonamides is 1. The molecule has 0 aliphatic rings. The van der Waals surface area contributed by atoms with Crippen LogP contribution in [0.25, 0.3) is 0 Å². The third kappa shape index (κ3) is 4.93. The van der Waals surface area contributed by atoms with Gasteiger partial charge in [0.15, 0.2) is 0 Å². The van der Waals surface area contributed by atoms with E-state index in [0.29, 0.717) is 5.69 Å². The molecule has 152 valence electrons. The van der Waals surface area contributed by atoms with Crippen LogP contribution < -0.4 is 9.62 Å². The highest BCUT2D eigenvalue weighted by Gasteiger charge is 2.29. The molecule has 5 nitrogen and oxygen atoms in total. The number of anilines is 2. The van der Waals surface area contributed by atoms with Crippen molar-refractivity contribution in [3.05, 3.63) is 59.2 Å². The summed E-state index contributed by atoms with van der Waals surface area (Å²) in [5.41, 5.74) is 4.32. The van der Waals surface area contributed by atoms with Crippen molar-refractivity contribution in [2.75, 3.05) is 15.9 Å². The Kier molecular flexibility index (Phi) is 6.88. The number of carbonyl (C=O) groups is 1. The first-order valence-corrected chi connectivity index (χ1v) is 11.4. The minimum absolute atomic E-state index is 0.234. The molecule has 0 aromatic heterocycles. The Bertz CT molecular complexity index is 935. The van der Waals surface area contributed by atoms with Crippen molar-refractivity contribution in [2.24, 2.45) is 0 Å². The molecule has 0 heterocycles. The second kappa shape index (κ2) is 8.78. The highest BCUT2D eigenvalue weighted by molar-refractivity contribution is 7.92. The number of amides is 1. The predicted octanol–water partition coefficient (Wildman–Crippen LogP) is 4.47. The fraction of sp³-hybridized carbons (Fsp3) is 0.409. The number of aryl methyl sites for hydroxylation is 2. The normalized spacial score (nSPS) is 12.7. The first-order valence-electron chi connectivity index (χ1n) is 9.55. The lowest BCUT2D eigenvalue weighted by Gasteiger charge is -2.29. The summed E-state index contributed by atoms with van der Waals surface area (Å²) in [5.74, 6) is -0.126. The van der Waals surface area contributed by atoms with Crippen LogP contribution in [0.1, 0.15) is 50.3 Å². The van der Waals surface area contributed by atoms with Crippen molar-refractivity contribution in [2.45, 2.75) is 53.0 Å². The maximum Gasteiger partial charge on any atom is 0.248 e. The molecule has 0 saturated carbocycles. The summed E-state index contributed by atoms with van der Waals surface area (Å²) in [6.45, 7) is 9.70. The zero-order valence-corrected chi connectivity index (χ0v) is 18.3.